The largest absolute Gasteiger partial charge is 0.329 e. The van der Waals surface area contributed by atoms with Crippen molar-refractivity contribution in [3.8, 4) is 0 Å². The van der Waals surface area contributed by atoms with Crippen molar-refractivity contribution in [3.05, 3.63) is 89.1 Å². The van der Waals surface area contributed by atoms with Crippen LogP contribution in [0.2, 0.25) is 0 Å². The molecular weight excluding hydrogens is 348 g/mol. The fourth-order valence-electron chi connectivity index (χ4n) is 2.78. The Morgan fingerprint density at radius 1 is 1.04 bits per heavy atom. The first-order chi connectivity index (χ1) is 13.2. The lowest BCUT2D eigenvalue weighted by Crippen LogP contribution is -2.10. The molecule has 0 saturated carbocycles. The molecule has 0 saturated heterocycles. The molecule has 0 radical (unpaired) electrons. The Hall–Kier alpha value is -2.26. The molecule has 1 N–H and O–H groups in total. The van der Waals surface area contributed by atoms with Crippen LogP contribution in [0.5, 0.6) is 0 Å². The highest BCUT2D eigenvalue weighted by Gasteiger charge is 2.08. The van der Waals surface area contributed by atoms with E-state index in [0.717, 1.165) is 35.7 Å². The maximum Gasteiger partial charge on any atom is 0.0662 e. The number of para-hydroxylation sites is 1. The average Bonchev–Trinajstić information content (AvgIpc) is 2.69. The van der Waals surface area contributed by atoms with E-state index in [4.69, 9.17) is 4.99 Å². The summed E-state index contributed by atoms with van der Waals surface area (Å²) in [4.78, 5) is 4.90. The van der Waals surface area contributed by atoms with Crippen molar-refractivity contribution in [2.24, 2.45) is 4.99 Å². The van der Waals surface area contributed by atoms with Crippen molar-refractivity contribution >= 4 is 23.3 Å². The summed E-state index contributed by atoms with van der Waals surface area (Å²) >= 11 is 1.72. The minimum absolute atomic E-state index is 0.926. The van der Waals surface area contributed by atoms with Gasteiger partial charge in [-0.3, -0.25) is 4.99 Å². The minimum Gasteiger partial charge on any atom is -0.329 e. The maximum atomic E-state index is 4.90. The van der Waals surface area contributed by atoms with Crippen LogP contribution in [0, 0.1) is 6.92 Å². The highest BCUT2D eigenvalue weighted by atomic mass is 32.2. The molecule has 2 aromatic carbocycles. The van der Waals surface area contributed by atoms with Crippen LogP contribution in [0.15, 0.2) is 83.0 Å². The number of nitrogens with one attached hydrogen (secondary N) is 1. The number of hydrogen-bond acceptors (Lipinski definition) is 3. The lowest BCUT2D eigenvalue weighted by Gasteiger charge is -2.14. The quantitative estimate of drug-likeness (QED) is 0.284. The van der Waals surface area contributed by atoms with E-state index in [1.807, 2.05) is 6.07 Å². The number of hydrogen-bond donors (Lipinski definition) is 1. The van der Waals surface area contributed by atoms with Gasteiger partial charge in [-0.25, -0.2) is 0 Å². The van der Waals surface area contributed by atoms with E-state index in [0.29, 0.717) is 0 Å². The summed E-state index contributed by atoms with van der Waals surface area (Å²) in [6.45, 7) is 8.56. The van der Waals surface area contributed by atoms with Gasteiger partial charge in [0.25, 0.3) is 0 Å². The Morgan fingerprint density at radius 3 is 2.41 bits per heavy atom. The summed E-state index contributed by atoms with van der Waals surface area (Å²) in [6, 6.07) is 18.8. The van der Waals surface area contributed by atoms with Gasteiger partial charge < -0.3 is 4.72 Å². The Kier molecular flexibility index (Phi) is 8.93. The third-order valence-electron chi connectivity index (χ3n) is 4.30. The van der Waals surface area contributed by atoms with Crippen LogP contribution in [0.3, 0.4) is 0 Å². The first kappa shape index (κ1) is 21.0. The van der Waals surface area contributed by atoms with E-state index in [1.54, 1.807) is 11.9 Å². The Morgan fingerprint density at radius 2 is 1.74 bits per heavy atom. The SMILES string of the molecule is CC/C=C\C(NSCc1ccccc1)=C(/CC)C(C)=Nc1ccccc1C. The van der Waals surface area contributed by atoms with Crippen LogP contribution in [0.25, 0.3) is 0 Å². The average molecular weight is 379 g/mol. The summed E-state index contributed by atoms with van der Waals surface area (Å²) in [7, 11) is 0. The van der Waals surface area contributed by atoms with Crippen LogP contribution in [0.1, 0.15) is 44.7 Å². The van der Waals surface area contributed by atoms with Gasteiger partial charge in [0.2, 0.25) is 0 Å². The van der Waals surface area contributed by atoms with Gasteiger partial charge in [0, 0.05) is 17.2 Å². The van der Waals surface area contributed by atoms with Gasteiger partial charge in [0.15, 0.2) is 0 Å². The molecule has 0 fully saturated rings. The number of nitrogens with zero attached hydrogens (tertiary/aromatic N) is 1. The van der Waals surface area contributed by atoms with Crippen molar-refractivity contribution in [2.45, 2.75) is 46.3 Å². The second-order valence-electron chi connectivity index (χ2n) is 6.42. The van der Waals surface area contributed by atoms with E-state index >= 15 is 0 Å². The molecule has 2 aromatic rings. The van der Waals surface area contributed by atoms with Gasteiger partial charge in [0.05, 0.1) is 5.69 Å². The maximum absolute atomic E-state index is 4.90. The summed E-state index contributed by atoms with van der Waals surface area (Å²) < 4.78 is 3.56. The number of benzene rings is 2. The molecule has 0 aromatic heterocycles. The highest BCUT2D eigenvalue weighted by molar-refractivity contribution is 7.96. The summed E-state index contributed by atoms with van der Waals surface area (Å²) in [5.41, 5.74) is 7.02. The second kappa shape index (κ2) is 11.5. The standard InChI is InChI=1S/C24H30N2S/c1-5-7-16-24(26-27-18-21-14-9-8-10-15-21)22(6-2)20(4)25-23-17-12-11-13-19(23)3/h7-17,26H,5-6,18H2,1-4H3/b16-7-,24-22-,25-20?. The first-order valence-corrected chi connectivity index (χ1v) is 10.6. The monoisotopic (exact) mass is 378 g/mol. The minimum atomic E-state index is 0.926. The van der Waals surface area contributed by atoms with E-state index in [2.05, 4.69) is 93.1 Å². The summed E-state index contributed by atoms with van der Waals surface area (Å²) in [6.07, 6.45) is 6.33. The van der Waals surface area contributed by atoms with E-state index in [-0.39, 0.29) is 0 Å². The molecule has 27 heavy (non-hydrogen) atoms. The van der Waals surface area contributed by atoms with Gasteiger partial charge in [-0.05, 0) is 67.5 Å². The van der Waals surface area contributed by atoms with Gasteiger partial charge in [-0.2, -0.15) is 0 Å². The van der Waals surface area contributed by atoms with Crippen molar-refractivity contribution in [3.63, 3.8) is 0 Å². The van der Waals surface area contributed by atoms with E-state index < -0.39 is 0 Å². The molecule has 0 heterocycles. The van der Waals surface area contributed by atoms with Gasteiger partial charge in [-0.1, -0.05) is 68.5 Å². The lowest BCUT2D eigenvalue weighted by molar-refractivity contribution is 1.09. The fraction of sp³-hybridized carbons (Fsp3) is 0.292. The van der Waals surface area contributed by atoms with E-state index in [9.17, 15) is 0 Å². The molecule has 0 atom stereocenters. The van der Waals surface area contributed by atoms with Crippen molar-refractivity contribution in [1.29, 1.82) is 0 Å². The zero-order valence-electron chi connectivity index (χ0n) is 16.8. The predicted molar refractivity (Wildman–Crippen MR) is 122 cm³/mol. The number of allylic oxidation sites excluding steroid dienone is 3. The molecule has 0 aliphatic rings. The van der Waals surface area contributed by atoms with Gasteiger partial charge in [0.1, 0.15) is 0 Å². The number of aryl methyl sites for hydroxylation is 1. The second-order valence-corrected chi connectivity index (χ2v) is 7.20. The lowest BCUT2D eigenvalue weighted by atomic mass is 10.1. The smallest absolute Gasteiger partial charge is 0.0662 e. The highest BCUT2D eigenvalue weighted by Crippen LogP contribution is 2.22. The molecular formula is C24H30N2S. The number of rotatable bonds is 9. The topological polar surface area (TPSA) is 24.4 Å². The van der Waals surface area contributed by atoms with Crippen LogP contribution in [-0.4, -0.2) is 5.71 Å². The summed E-state index contributed by atoms with van der Waals surface area (Å²) in [5, 5.41) is 0. The molecule has 0 aliphatic heterocycles. The third kappa shape index (κ3) is 6.76. The molecule has 142 valence electrons. The Balaban J connectivity index is 2.24. The van der Waals surface area contributed by atoms with Crippen molar-refractivity contribution in [2.75, 3.05) is 0 Å². The molecule has 0 aliphatic carbocycles. The molecule has 0 spiro atoms. The summed E-state index contributed by atoms with van der Waals surface area (Å²) in [5.74, 6) is 0.926. The predicted octanol–water partition coefficient (Wildman–Crippen LogP) is 7.16. The normalized spacial score (nSPS) is 13.0. The number of aliphatic imine (C=N–C) groups is 1. The van der Waals surface area contributed by atoms with Gasteiger partial charge >= 0.3 is 0 Å². The molecule has 0 bridgehead atoms. The zero-order chi connectivity index (χ0) is 19.5. The van der Waals surface area contributed by atoms with Gasteiger partial charge in [-0.15, -0.1) is 0 Å². The molecule has 0 amide bonds. The van der Waals surface area contributed by atoms with E-state index in [1.165, 1.54) is 16.7 Å². The van der Waals surface area contributed by atoms with Crippen LogP contribution in [-0.2, 0) is 5.75 Å². The third-order valence-corrected chi connectivity index (χ3v) is 5.14. The molecule has 2 nitrogen and oxygen atoms in total. The van der Waals surface area contributed by atoms with Crippen molar-refractivity contribution < 1.29 is 0 Å². The fourth-order valence-corrected chi connectivity index (χ4v) is 3.56. The Labute approximate surface area is 168 Å². The molecule has 2 rings (SSSR count). The van der Waals surface area contributed by atoms with Crippen molar-refractivity contribution in [1.82, 2.24) is 4.72 Å². The molecule has 3 heteroatoms. The van der Waals surface area contributed by atoms with Crippen LogP contribution < -0.4 is 4.72 Å². The first-order valence-electron chi connectivity index (χ1n) is 9.58. The molecule has 0 unspecified atom stereocenters. The van der Waals surface area contributed by atoms with Crippen LogP contribution >= 0.6 is 11.9 Å². The Bertz CT molecular complexity index is 804. The van der Waals surface area contributed by atoms with Crippen LogP contribution in [0.4, 0.5) is 5.69 Å². The zero-order valence-corrected chi connectivity index (χ0v) is 17.6.